The number of halogens is 1. The molecule has 5 heteroatoms. The number of nitrogens with one attached hydrogen (secondary N) is 1. The predicted molar refractivity (Wildman–Crippen MR) is 76.6 cm³/mol. The van der Waals surface area contributed by atoms with Gasteiger partial charge in [0.2, 0.25) is 5.91 Å². The van der Waals surface area contributed by atoms with Crippen molar-refractivity contribution in [2.24, 2.45) is 0 Å². The summed E-state index contributed by atoms with van der Waals surface area (Å²) in [5.41, 5.74) is 0.532. The van der Waals surface area contributed by atoms with Crippen LogP contribution in [0, 0.1) is 0 Å². The van der Waals surface area contributed by atoms with Crippen LogP contribution in [-0.4, -0.2) is 25.5 Å². The highest BCUT2D eigenvalue weighted by molar-refractivity contribution is 6.30. The first-order valence-corrected chi connectivity index (χ1v) is 7.07. The van der Waals surface area contributed by atoms with E-state index in [0.717, 1.165) is 24.8 Å². The summed E-state index contributed by atoms with van der Waals surface area (Å²) in [6, 6.07) is 7.42. The zero-order valence-corrected chi connectivity index (χ0v) is 12.2. The van der Waals surface area contributed by atoms with Crippen molar-refractivity contribution < 1.29 is 14.3 Å². The van der Waals surface area contributed by atoms with Crippen molar-refractivity contribution in [3.63, 3.8) is 0 Å². The largest absolute Gasteiger partial charge is 0.469 e. The van der Waals surface area contributed by atoms with Crippen LogP contribution in [-0.2, 0) is 19.7 Å². The van der Waals surface area contributed by atoms with Crippen LogP contribution in [0.3, 0.4) is 0 Å². The highest BCUT2D eigenvalue weighted by Crippen LogP contribution is 2.44. The molecule has 4 nitrogen and oxygen atoms in total. The van der Waals surface area contributed by atoms with Gasteiger partial charge in [0.05, 0.1) is 18.9 Å². The van der Waals surface area contributed by atoms with Gasteiger partial charge in [0, 0.05) is 11.6 Å². The standard InChI is InChI=1S/C15H18ClNO3/c1-20-13(18)7-10-17-14(19)15(8-2-9-15)11-3-5-12(16)6-4-11/h3-6H,2,7-10H2,1H3,(H,17,19). The van der Waals surface area contributed by atoms with E-state index in [1.165, 1.54) is 7.11 Å². The lowest BCUT2D eigenvalue weighted by Gasteiger charge is -2.40. The maximum absolute atomic E-state index is 12.4. The lowest BCUT2D eigenvalue weighted by Crippen LogP contribution is -2.49. The van der Waals surface area contributed by atoms with Gasteiger partial charge in [-0.15, -0.1) is 0 Å². The van der Waals surface area contributed by atoms with Gasteiger partial charge in [0.25, 0.3) is 0 Å². The van der Waals surface area contributed by atoms with Crippen LogP contribution < -0.4 is 5.32 Å². The van der Waals surface area contributed by atoms with E-state index in [4.69, 9.17) is 11.6 Å². The van der Waals surface area contributed by atoms with Gasteiger partial charge in [-0.3, -0.25) is 9.59 Å². The maximum atomic E-state index is 12.4. The van der Waals surface area contributed by atoms with E-state index in [9.17, 15) is 9.59 Å². The van der Waals surface area contributed by atoms with Gasteiger partial charge in [0.1, 0.15) is 0 Å². The third-order valence-electron chi connectivity index (χ3n) is 3.88. The number of methoxy groups -OCH3 is 1. The Morgan fingerprint density at radius 2 is 1.95 bits per heavy atom. The molecule has 1 fully saturated rings. The van der Waals surface area contributed by atoms with Crippen molar-refractivity contribution in [1.29, 1.82) is 0 Å². The first-order chi connectivity index (χ1) is 9.58. The van der Waals surface area contributed by atoms with Crippen LogP contribution in [0.15, 0.2) is 24.3 Å². The minimum absolute atomic E-state index is 0.0185. The number of esters is 1. The number of hydrogen-bond acceptors (Lipinski definition) is 3. The summed E-state index contributed by atoms with van der Waals surface area (Å²) in [6.07, 6.45) is 2.89. The number of ether oxygens (including phenoxy) is 1. The van der Waals surface area contributed by atoms with Gasteiger partial charge in [-0.2, -0.15) is 0 Å². The van der Waals surface area contributed by atoms with Gasteiger partial charge in [-0.25, -0.2) is 0 Å². The number of carbonyl (C=O) groups is 2. The van der Waals surface area contributed by atoms with Crippen molar-refractivity contribution in [3.8, 4) is 0 Å². The summed E-state index contributed by atoms with van der Waals surface area (Å²) in [6.45, 7) is 0.306. The molecule has 0 heterocycles. The molecule has 0 spiro atoms. The second-order valence-corrected chi connectivity index (χ2v) is 5.46. The number of carbonyl (C=O) groups excluding carboxylic acids is 2. The van der Waals surface area contributed by atoms with Crippen molar-refractivity contribution in [1.82, 2.24) is 5.32 Å². The van der Waals surface area contributed by atoms with Crippen LogP contribution in [0.4, 0.5) is 0 Å². The minimum Gasteiger partial charge on any atom is -0.469 e. The van der Waals surface area contributed by atoms with Crippen LogP contribution in [0.1, 0.15) is 31.2 Å². The van der Waals surface area contributed by atoms with E-state index in [-0.39, 0.29) is 18.3 Å². The Balaban J connectivity index is 2.01. The zero-order chi connectivity index (χ0) is 14.6. The third kappa shape index (κ3) is 2.96. The van der Waals surface area contributed by atoms with E-state index in [1.807, 2.05) is 12.1 Å². The van der Waals surface area contributed by atoms with E-state index >= 15 is 0 Å². The summed E-state index contributed by atoms with van der Waals surface area (Å²) in [5.74, 6) is -0.338. The molecule has 0 aromatic heterocycles. The molecule has 1 N–H and O–H groups in total. The van der Waals surface area contributed by atoms with Crippen LogP contribution >= 0.6 is 11.6 Å². The Bertz CT molecular complexity index is 494. The number of rotatable bonds is 5. The summed E-state index contributed by atoms with van der Waals surface area (Å²) in [5, 5.41) is 3.49. The van der Waals surface area contributed by atoms with Gasteiger partial charge >= 0.3 is 5.97 Å². The molecule has 1 aromatic carbocycles. The average molecular weight is 296 g/mol. The summed E-state index contributed by atoms with van der Waals surface area (Å²) >= 11 is 5.89. The fraction of sp³-hybridized carbons (Fsp3) is 0.467. The molecule has 2 rings (SSSR count). The topological polar surface area (TPSA) is 55.4 Å². The monoisotopic (exact) mass is 295 g/mol. The predicted octanol–water partition coefficient (Wildman–Crippen LogP) is 2.44. The molecule has 0 bridgehead atoms. The summed E-state index contributed by atoms with van der Waals surface area (Å²) < 4.78 is 4.55. The van der Waals surface area contributed by atoms with Gasteiger partial charge in [-0.05, 0) is 30.5 Å². The van der Waals surface area contributed by atoms with E-state index < -0.39 is 5.41 Å². The van der Waals surface area contributed by atoms with Crippen LogP contribution in [0.25, 0.3) is 0 Å². The molecule has 108 valence electrons. The Kier molecular flexibility index (Phi) is 4.65. The molecular formula is C15H18ClNO3. The molecule has 1 amide bonds. The second-order valence-electron chi connectivity index (χ2n) is 5.02. The average Bonchev–Trinajstić information content (AvgIpc) is 2.39. The van der Waals surface area contributed by atoms with Gasteiger partial charge < -0.3 is 10.1 Å². The van der Waals surface area contributed by atoms with E-state index in [2.05, 4.69) is 10.1 Å². The van der Waals surface area contributed by atoms with E-state index in [1.54, 1.807) is 12.1 Å². The number of amides is 1. The molecule has 1 aromatic rings. The Morgan fingerprint density at radius 3 is 2.45 bits per heavy atom. The zero-order valence-electron chi connectivity index (χ0n) is 11.4. The fourth-order valence-electron chi connectivity index (χ4n) is 2.50. The molecular weight excluding hydrogens is 278 g/mol. The molecule has 0 unspecified atom stereocenters. The Morgan fingerprint density at radius 1 is 1.30 bits per heavy atom. The first kappa shape index (κ1) is 14.9. The number of benzene rings is 1. The Labute approximate surface area is 123 Å². The van der Waals surface area contributed by atoms with Crippen molar-refractivity contribution >= 4 is 23.5 Å². The third-order valence-corrected chi connectivity index (χ3v) is 4.13. The molecule has 20 heavy (non-hydrogen) atoms. The fourth-order valence-corrected chi connectivity index (χ4v) is 2.62. The normalized spacial score (nSPS) is 16.1. The maximum Gasteiger partial charge on any atom is 0.307 e. The second kappa shape index (κ2) is 6.27. The molecule has 0 atom stereocenters. The smallest absolute Gasteiger partial charge is 0.307 e. The van der Waals surface area contributed by atoms with Gasteiger partial charge in [0.15, 0.2) is 0 Å². The molecule has 1 aliphatic rings. The SMILES string of the molecule is COC(=O)CCNC(=O)C1(c2ccc(Cl)cc2)CCC1. The van der Waals surface area contributed by atoms with Crippen molar-refractivity contribution in [2.45, 2.75) is 31.1 Å². The first-order valence-electron chi connectivity index (χ1n) is 6.70. The highest BCUT2D eigenvalue weighted by Gasteiger charge is 2.45. The summed E-state index contributed by atoms with van der Waals surface area (Å²) in [4.78, 5) is 23.5. The van der Waals surface area contributed by atoms with Gasteiger partial charge in [-0.1, -0.05) is 30.2 Å². The molecule has 0 saturated heterocycles. The number of hydrogen-bond donors (Lipinski definition) is 1. The van der Waals surface area contributed by atoms with Crippen LogP contribution in [0.2, 0.25) is 5.02 Å². The minimum atomic E-state index is -0.458. The van der Waals surface area contributed by atoms with E-state index in [0.29, 0.717) is 11.6 Å². The quantitative estimate of drug-likeness (QED) is 0.849. The Hall–Kier alpha value is -1.55. The molecule has 1 aliphatic carbocycles. The highest BCUT2D eigenvalue weighted by atomic mass is 35.5. The van der Waals surface area contributed by atoms with Crippen LogP contribution in [0.5, 0.6) is 0 Å². The molecule has 0 aliphatic heterocycles. The van der Waals surface area contributed by atoms with Crippen molar-refractivity contribution in [3.05, 3.63) is 34.9 Å². The molecule has 1 saturated carbocycles. The van der Waals surface area contributed by atoms with Crippen molar-refractivity contribution in [2.75, 3.05) is 13.7 Å². The molecule has 0 radical (unpaired) electrons. The lowest BCUT2D eigenvalue weighted by molar-refractivity contribution is -0.140. The lowest BCUT2D eigenvalue weighted by atomic mass is 9.64. The summed E-state index contributed by atoms with van der Waals surface area (Å²) in [7, 11) is 1.34.